The number of hydrogen-bond donors (Lipinski definition) is 7. The summed E-state index contributed by atoms with van der Waals surface area (Å²) in [5, 5.41) is 25.4. The number of fused-ring (bicyclic) bond motifs is 5. The van der Waals surface area contributed by atoms with Gasteiger partial charge in [0.2, 0.25) is 23.6 Å². The number of alkyl carbamates (subject to hydrolysis) is 3. The Kier molecular flexibility index (Phi) is 19.0. The van der Waals surface area contributed by atoms with E-state index in [1.807, 2.05) is 0 Å². The Hall–Kier alpha value is -7.06. The minimum Gasteiger partial charge on any atom is -0.491 e. The van der Waals surface area contributed by atoms with E-state index in [0.717, 1.165) is 11.0 Å². The molecule has 0 saturated carbocycles. The molecule has 21 heteroatoms. The number of aliphatic carboxylic acids is 1. The first kappa shape index (κ1) is 54.3. The molecule has 0 aliphatic carbocycles. The molecule has 2 unspecified atom stereocenters. The Morgan fingerprint density at radius 3 is 1.75 bits per heavy atom. The molecule has 0 fully saturated rings. The maximum absolute atomic E-state index is 14.5. The summed E-state index contributed by atoms with van der Waals surface area (Å²) in [6.07, 6.45) is -1.54. The maximum Gasteiger partial charge on any atom is 0.407 e. The SMILES string of the molecule is C=CC(=O)N[C@@H](CNC(=O)OC(C)(C)C)C(=O)N(C)C1C(=O)N[C@@H](C)C(=O)NC(C(=O)O)Cc2ccc(OCCNC(=O)OC(C)(C)C)c(c2)-c2cc1ccc2OCCNC(=O)OC(C)(C)C. The maximum atomic E-state index is 14.5. The minimum absolute atomic E-state index is 0.00261. The summed E-state index contributed by atoms with van der Waals surface area (Å²) in [5.74, 6) is -4.34. The van der Waals surface area contributed by atoms with Crippen molar-refractivity contribution in [3.05, 3.63) is 60.2 Å². The van der Waals surface area contributed by atoms with Gasteiger partial charge in [-0.2, -0.15) is 0 Å². The van der Waals surface area contributed by atoms with Crippen molar-refractivity contribution < 1.29 is 67.1 Å². The highest BCUT2D eigenvalue weighted by molar-refractivity contribution is 5.97. The number of nitrogens with zero attached hydrogens (tertiary/aromatic N) is 1. The third-order valence-corrected chi connectivity index (χ3v) is 9.15. The summed E-state index contributed by atoms with van der Waals surface area (Å²) in [4.78, 5) is 106. The summed E-state index contributed by atoms with van der Waals surface area (Å²) in [6, 6.07) is 3.49. The van der Waals surface area contributed by atoms with Crippen LogP contribution in [0.2, 0.25) is 0 Å². The number of ether oxygens (including phenoxy) is 5. The standard InChI is InChI=1S/C46H65N7O14/c1-13-35(54)51-32(25-49-43(62)67-46(9,10)11)39(57)53(12)36-28-15-17-34(64-21-19-48-42(61)66-45(6,7)8)30(24-28)29-22-27(23-31(40(58)59)52-37(55)26(2)50-38(36)56)14-16-33(29)63-20-18-47-41(60)65-44(3,4)5/h13-17,22,24,26,31-32,36H,1,18-21,23,25H2,2-12H3,(H,47,60)(H,48,61)(H,49,62)(H,50,56)(H,51,54)(H,52,55)(H,58,59)/t26-,31?,32-,36?/m0/s1. The second kappa shape index (κ2) is 23.4. The van der Waals surface area contributed by atoms with Gasteiger partial charge in [-0.1, -0.05) is 18.7 Å². The largest absolute Gasteiger partial charge is 0.491 e. The molecule has 1 heterocycles. The number of hydrogen-bond acceptors (Lipinski definition) is 13. The van der Waals surface area contributed by atoms with E-state index in [1.54, 1.807) is 80.5 Å². The molecular weight excluding hydrogens is 875 g/mol. The summed E-state index contributed by atoms with van der Waals surface area (Å²) in [7, 11) is 1.28. The molecular formula is C46H65N7O14. The molecule has 7 amide bonds. The van der Waals surface area contributed by atoms with Gasteiger partial charge in [-0.25, -0.2) is 19.2 Å². The van der Waals surface area contributed by atoms with Crippen molar-refractivity contribution in [1.29, 1.82) is 0 Å². The first-order valence-electron chi connectivity index (χ1n) is 21.5. The van der Waals surface area contributed by atoms with Crippen molar-refractivity contribution in [1.82, 2.24) is 36.8 Å². The van der Waals surface area contributed by atoms with E-state index in [2.05, 4.69) is 38.5 Å². The molecule has 0 radical (unpaired) electrons. The second-order valence-corrected chi connectivity index (χ2v) is 18.5. The highest BCUT2D eigenvalue weighted by Gasteiger charge is 2.36. The van der Waals surface area contributed by atoms with Gasteiger partial charge >= 0.3 is 24.2 Å². The van der Waals surface area contributed by atoms with Gasteiger partial charge in [-0.15, -0.1) is 0 Å². The number of carbonyl (C=O) groups is 8. The first-order valence-corrected chi connectivity index (χ1v) is 21.5. The lowest BCUT2D eigenvalue weighted by molar-refractivity contribution is -0.143. The van der Waals surface area contributed by atoms with E-state index in [1.165, 1.54) is 32.2 Å². The van der Waals surface area contributed by atoms with Gasteiger partial charge in [-0.3, -0.25) is 19.2 Å². The topological polar surface area (TPSA) is 278 Å². The summed E-state index contributed by atoms with van der Waals surface area (Å²) in [5.41, 5.74) is -1.25. The zero-order valence-corrected chi connectivity index (χ0v) is 40.0. The van der Waals surface area contributed by atoms with Crippen molar-refractivity contribution in [2.45, 2.75) is 117 Å². The van der Waals surface area contributed by atoms with Gasteiger partial charge in [0.1, 0.15) is 65.7 Å². The monoisotopic (exact) mass is 939 g/mol. The predicted molar refractivity (Wildman–Crippen MR) is 244 cm³/mol. The molecule has 4 atom stereocenters. The van der Waals surface area contributed by atoms with E-state index in [9.17, 15) is 43.5 Å². The third-order valence-electron chi connectivity index (χ3n) is 9.15. The quantitative estimate of drug-likeness (QED) is 0.0766. The molecule has 1 aliphatic heterocycles. The molecule has 2 aromatic carbocycles. The van der Waals surface area contributed by atoms with Gasteiger partial charge in [-0.05, 0) is 111 Å². The van der Waals surface area contributed by atoms with Crippen LogP contribution in [0.15, 0.2) is 49.1 Å². The lowest BCUT2D eigenvalue weighted by Gasteiger charge is -2.32. The molecule has 67 heavy (non-hydrogen) atoms. The zero-order valence-electron chi connectivity index (χ0n) is 40.0. The molecule has 1 aliphatic rings. The van der Waals surface area contributed by atoms with Crippen LogP contribution in [0.1, 0.15) is 86.4 Å². The van der Waals surface area contributed by atoms with Crippen LogP contribution in [0.25, 0.3) is 11.1 Å². The molecule has 21 nitrogen and oxygen atoms in total. The van der Waals surface area contributed by atoms with Crippen LogP contribution >= 0.6 is 0 Å². The average molecular weight is 940 g/mol. The molecule has 7 N–H and O–H groups in total. The van der Waals surface area contributed by atoms with E-state index in [4.69, 9.17) is 23.7 Å². The van der Waals surface area contributed by atoms with Gasteiger partial charge in [0.15, 0.2) is 0 Å². The van der Waals surface area contributed by atoms with Crippen molar-refractivity contribution in [2.75, 3.05) is 39.9 Å². The molecule has 0 aromatic heterocycles. The van der Waals surface area contributed by atoms with E-state index in [0.29, 0.717) is 11.1 Å². The van der Waals surface area contributed by atoms with Crippen LogP contribution in [0.4, 0.5) is 14.4 Å². The highest BCUT2D eigenvalue weighted by Crippen LogP contribution is 2.40. The first-order chi connectivity index (χ1) is 31.1. The van der Waals surface area contributed by atoms with E-state index < -0.39 is 95.4 Å². The number of benzene rings is 2. The fourth-order valence-corrected chi connectivity index (χ4v) is 6.30. The lowest BCUT2D eigenvalue weighted by Crippen LogP contribution is -2.56. The highest BCUT2D eigenvalue weighted by atomic mass is 16.6. The predicted octanol–water partition coefficient (Wildman–Crippen LogP) is 3.49. The Balaban J connectivity index is 2.25. The van der Waals surface area contributed by atoms with E-state index in [-0.39, 0.29) is 55.4 Å². The van der Waals surface area contributed by atoms with Crippen molar-refractivity contribution in [3.63, 3.8) is 0 Å². The zero-order chi connectivity index (χ0) is 50.4. The molecule has 3 rings (SSSR count). The smallest absolute Gasteiger partial charge is 0.407 e. The lowest BCUT2D eigenvalue weighted by atomic mass is 9.93. The fourth-order valence-electron chi connectivity index (χ4n) is 6.30. The van der Waals surface area contributed by atoms with Crippen LogP contribution in [-0.4, -0.2) is 133 Å². The van der Waals surface area contributed by atoms with Gasteiger partial charge < -0.3 is 65.6 Å². The normalized spacial score (nSPS) is 16.8. The molecule has 4 bridgehead atoms. The number of carboxylic acid groups (broad SMARTS) is 1. The summed E-state index contributed by atoms with van der Waals surface area (Å²) < 4.78 is 28.4. The third kappa shape index (κ3) is 18.0. The fraction of sp³-hybridized carbons (Fsp3) is 0.522. The van der Waals surface area contributed by atoms with Crippen molar-refractivity contribution in [3.8, 4) is 22.6 Å². The van der Waals surface area contributed by atoms with Crippen LogP contribution in [-0.2, 0) is 44.6 Å². The van der Waals surface area contributed by atoms with Crippen LogP contribution in [0.3, 0.4) is 0 Å². The van der Waals surface area contributed by atoms with Gasteiger partial charge in [0, 0.05) is 24.6 Å². The van der Waals surface area contributed by atoms with E-state index >= 15 is 0 Å². The average Bonchev–Trinajstić information content (AvgIpc) is 3.20. The number of carboxylic acids is 1. The number of nitrogens with one attached hydrogen (secondary N) is 6. The Bertz CT molecular complexity index is 2160. The number of rotatable bonds is 15. The molecule has 0 spiro atoms. The summed E-state index contributed by atoms with van der Waals surface area (Å²) >= 11 is 0. The molecule has 0 saturated heterocycles. The van der Waals surface area contributed by atoms with Crippen LogP contribution in [0.5, 0.6) is 11.5 Å². The minimum atomic E-state index is -1.57. The number of carbonyl (C=O) groups excluding carboxylic acids is 7. The van der Waals surface area contributed by atoms with Crippen molar-refractivity contribution >= 4 is 47.9 Å². The molecule has 368 valence electrons. The Labute approximate surface area is 390 Å². The Morgan fingerprint density at radius 1 is 0.761 bits per heavy atom. The number of amides is 7. The Morgan fingerprint density at radius 2 is 1.25 bits per heavy atom. The van der Waals surface area contributed by atoms with Gasteiger partial charge in [0.25, 0.3) is 0 Å². The second-order valence-electron chi connectivity index (χ2n) is 18.5. The summed E-state index contributed by atoms with van der Waals surface area (Å²) in [6.45, 7) is 19.3. The molecule has 2 aromatic rings. The van der Waals surface area contributed by atoms with Crippen molar-refractivity contribution in [2.24, 2.45) is 0 Å². The number of likely N-dealkylation sites (N-methyl/N-ethyl adjacent to an activating group) is 1. The van der Waals surface area contributed by atoms with Crippen LogP contribution in [0, 0.1) is 0 Å². The van der Waals surface area contributed by atoms with Crippen LogP contribution < -0.4 is 41.4 Å². The van der Waals surface area contributed by atoms with Gasteiger partial charge in [0.05, 0.1) is 19.6 Å².